The highest BCUT2D eigenvalue weighted by atomic mass is 16.5. The molecule has 0 unspecified atom stereocenters. The van der Waals surface area contributed by atoms with Crippen LogP contribution in [-0.4, -0.2) is 19.5 Å². The van der Waals surface area contributed by atoms with Crippen LogP contribution in [0.5, 0.6) is 5.75 Å². The van der Waals surface area contributed by atoms with E-state index < -0.39 is 0 Å². The number of allylic oxidation sites excluding steroid dienone is 1. The molecule has 0 spiro atoms. The van der Waals surface area contributed by atoms with Crippen molar-refractivity contribution in [2.45, 2.75) is 20.0 Å². The second kappa shape index (κ2) is 7.67. The SMILES string of the molecule is C=CCC(=O)[C@H](C)COCc1ccc(OC)cc1. The predicted molar refractivity (Wildman–Crippen MR) is 71.6 cm³/mol. The van der Waals surface area contributed by atoms with Crippen LogP contribution >= 0.6 is 0 Å². The molecule has 98 valence electrons. The molecule has 0 N–H and O–H groups in total. The third-order valence-corrected chi connectivity index (χ3v) is 2.69. The summed E-state index contributed by atoms with van der Waals surface area (Å²) in [5, 5.41) is 0. The highest BCUT2D eigenvalue weighted by molar-refractivity contribution is 5.82. The van der Waals surface area contributed by atoms with Crippen LogP contribution in [-0.2, 0) is 16.1 Å². The minimum atomic E-state index is -0.0822. The normalized spacial score (nSPS) is 11.9. The van der Waals surface area contributed by atoms with Crippen molar-refractivity contribution in [3.8, 4) is 5.75 Å². The predicted octanol–water partition coefficient (Wildman–Crippen LogP) is 2.99. The molecule has 0 aliphatic carbocycles. The minimum Gasteiger partial charge on any atom is -0.497 e. The van der Waals surface area contributed by atoms with Gasteiger partial charge in [-0.15, -0.1) is 6.58 Å². The number of ketones is 1. The number of methoxy groups -OCH3 is 1. The molecule has 1 aromatic rings. The van der Waals surface area contributed by atoms with E-state index in [1.165, 1.54) is 0 Å². The molecule has 0 saturated heterocycles. The first-order valence-electron chi connectivity index (χ1n) is 6.01. The van der Waals surface area contributed by atoms with Crippen LogP contribution in [0.25, 0.3) is 0 Å². The van der Waals surface area contributed by atoms with Gasteiger partial charge in [0, 0.05) is 12.3 Å². The molecule has 1 atom stereocenters. The molecule has 1 aromatic carbocycles. The molecule has 0 aliphatic rings. The van der Waals surface area contributed by atoms with Crippen LogP contribution in [0.15, 0.2) is 36.9 Å². The zero-order valence-corrected chi connectivity index (χ0v) is 11.0. The molecule has 0 radical (unpaired) electrons. The van der Waals surface area contributed by atoms with Crippen molar-refractivity contribution in [3.05, 3.63) is 42.5 Å². The highest BCUT2D eigenvalue weighted by Crippen LogP contribution is 2.12. The summed E-state index contributed by atoms with van der Waals surface area (Å²) in [5.74, 6) is 0.911. The van der Waals surface area contributed by atoms with Gasteiger partial charge in [0.1, 0.15) is 11.5 Å². The molecular formula is C15H20O3. The van der Waals surface area contributed by atoms with E-state index in [0.29, 0.717) is 19.6 Å². The maximum Gasteiger partial charge on any atom is 0.141 e. The molecule has 0 saturated carbocycles. The van der Waals surface area contributed by atoms with Gasteiger partial charge in [0.2, 0.25) is 0 Å². The maximum absolute atomic E-state index is 11.5. The number of rotatable bonds is 8. The summed E-state index contributed by atoms with van der Waals surface area (Å²) >= 11 is 0. The minimum absolute atomic E-state index is 0.0822. The van der Waals surface area contributed by atoms with Gasteiger partial charge in [0.15, 0.2) is 0 Å². The van der Waals surface area contributed by atoms with Gasteiger partial charge >= 0.3 is 0 Å². The van der Waals surface area contributed by atoms with E-state index in [4.69, 9.17) is 9.47 Å². The number of carbonyl (C=O) groups excluding carboxylic acids is 1. The van der Waals surface area contributed by atoms with Gasteiger partial charge in [-0.25, -0.2) is 0 Å². The number of carbonyl (C=O) groups is 1. The Morgan fingerprint density at radius 1 is 1.39 bits per heavy atom. The number of ether oxygens (including phenoxy) is 2. The van der Waals surface area contributed by atoms with Crippen LogP contribution in [0, 0.1) is 5.92 Å². The monoisotopic (exact) mass is 248 g/mol. The largest absolute Gasteiger partial charge is 0.497 e. The van der Waals surface area contributed by atoms with Gasteiger partial charge in [-0.1, -0.05) is 25.1 Å². The van der Waals surface area contributed by atoms with Crippen molar-refractivity contribution in [2.75, 3.05) is 13.7 Å². The van der Waals surface area contributed by atoms with E-state index in [-0.39, 0.29) is 11.7 Å². The van der Waals surface area contributed by atoms with E-state index in [1.807, 2.05) is 31.2 Å². The number of hydrogen-bond acceptors (Lipinski definition) is 3. The Kier molecular flexibility index (Phi) is 6.15. The Balaban J connectivity index is 2.32. The molecule has 0 fully saturated rings. The second-order valence-electron chi connectivity index (χ2n) is 4.22. The molecule has 0 aliphatic heterocycles. The topological polar surface area (TPSA) is 35.5 Å². The first-order chi connectivity index (χ1) is 8.67. The molecule has 0 bridgehead atoms. The van der Waals surface area contributed by atoms with Crippen molar-refractivity contribution >= 4 is 5.78 Å². The fourth-order valence-electron chi connectivity index (χ4n) is 1.51. The van der Waals surface area contributed by atoms with Gasteiger partial charge in [0.25, 0.3) is 0 Å². The van der Waals surface area contributed by atoms with Gasteiger partial charge in [-0.05, 0) is 17.7 Å². The van der Waals surface area contributed by atoms with E-state index in [9.17, 15) is 4.79 Å². The summed E-state index contributed by atoms with van der Waals surface area (Å²) in [6, 6.07) is 7.69. The number of Topliss-reactive ketones (excluding diaryl/α,β-unsaturated/α-hetero) is 1. The first-order valence-corrected chi connectivity index (χ1v) is 6.01. The summed E-state index contributed by atoms with van der Waals surface area (Å²) in [5.41, 5.74) is 1.07. The lowest BCUT2D eigenvalue weighted by atomic mass is 10.1. The lowest BCUT2D eigenvalue weighted by Crippen LogP contribution is -2.16. The summed E-state index contributed by atoms with van der Waals surface area (Å²) < 4.78 is 10.6. The second-order valence-corrected chi connectivity index (χ2v) is 4.22. The molecule has 3 nitrogen and oxygen atoms in total. The highest BCUT2D eigenvalue weighted by Gasteiger charge is 2.11. The lowest BCUT2D eigenvalue weighted by Gasteiger charge is -2.10. The summed E-state index contributed by atoms with van der Waals surface area (Å²) in [6.45, 7) is 6.38. The molecule has 18 heavy (non-hydrogen) atoms. The van der Waals surface area contributed by atoms with Crippen LogP contribution in [0.2, 0.25) is 0 Å². The molecule has 0 heterocycles. The van der Waals surface area contributed by atoms with Crippen molar-refractivity contribution in [1.29, 1.82) is 0 Å². The third kappa shape index (κ3) is 4.72. The molecular weight excluding hydrogens is 228 g/mol. The third-order valence-electron chi connectivity index (χ3n) is 2.69. The van der Waals surface area contributed by atoms with Gasteiger partial charge in [0.05, 0.1) is 20.3 Å². The Labute approximate surface area is 108 Å². The number of benzene rings is 1. The molecule has 1 rings (SSSR count). The van der Waals surface area contributed by atoms with Gasteiger partial charge in [-0.3, -0.25) is 4.79 Å². The number of hydrogen-bond donors (Lipinski definition) is 0. The van der Waals surface area contributed by atoms with Gasteiger partial charge < -0.3 is 9.47 Å². The quantitative estimate of drug-likeness (QED) is 0.663. The Morgan fingerprint density at radius 2 is 2.06 bits per heavy atom. The molecule has 0 amide bonds. The Hall–Kier alpha value is -1.61. The van der Waals surface area contributed by atoms with E-state index >= 15 is 0 Å². The lowest BCUT2D eigenvalue weighted by molar-refractivity contribution is -0.123. The summed E-state index contributed by atoms with van der Waals surface area (Å²) in [6.07, 6.45) is 2.04. The van der Waals surface area contributed by atoms with E-state index in [0.717, 1.165) is 11.3 Å². The van der Waals surface area contributed by atoms with Crippen LogP contribution < -0.4 is 4.74 Å². The van der Waals surface area contributed by atoms with Crippen LogP contribution in [0.3, 0.4) is 0 Å². The smallest absolute Gasteiger partial charge is 0.141 e. The summed E-state index contributed by atoms with van der Waals surface area (Å²) in [7, 11) is 1.64. The fraction of sp³-hybridized carbons (Fsp3) is 0.400. The van der Waals surface area contributed by atoms with E-state index in [2.05, 4.69) is 6.58 Å². The molecule has 3 heteroatoms. The maximum atomic E-state index is 11.5. The Bertz CT molecular complexity index is 381. The van der Waals surface area contributed by atoms with Crippen molar-refractivity contribution in [2.24, 2.45) is 5.92 Å². The molecule has 0 aromatic heterocycles. The first kappa shape index (κ1) is 14.5. The average Bonchev–Trinajstić information content (AvgIpc) is 2.39. The zero-order chi connectivity index (χ0) is 13.4. The Morgan fingerprint density at radius 3 is 2.61 bits per heavy atom. The summed E-state index contributed by atoms with van der Waals surface area (Å²) in [4.78, 5) is 11.5. The van der Waals surface area contributed by atoms with Crippen molar-refractivity contribution in [1.82, 2.24) is 0 Å². The fourth-order valence-corrected chi connectivity index (χ4v) is 1.51. The van der Waals surface area contributed by atoms with Gasteiger partial charge in [-0.2, -0.15) is 0 Å². The van der Waals surface area contributed by atoms with Crippen molar-refractivity contribution < 1.29 is 14.3 Å². The average molecular weight is 248 g/mol. The van der Waals surface area contributed by atoms with Crippen LogP contribution in [0.4, 0.5) is 0 Å². The van der Waals surface area contributed by atoms with Crippen molar-refractivity contribution in [3.63, 3.8) is 0 Å². The van der Waals surface area contributed by atoms with E-state index in [1.54, 1.807) is 13.2 Å². The zero-order valence-electron chi connectivity index (χ0n) is 11.0. The standard InChI is InChI=1S/C15H20O3/c1-4-5-15(16)12(2)10-18-11-13-6-8-14(17-3)9-7-13/h4,6-9,12H,1,5,10-11H2,2-3H3/t12-/m1/s1. The van der Waals surface area contributed by atoms with Crippen LogP contribution in [0.1, 0.15) is 18.9 Å².